The largest absolute Gasteiger partial charge is 0.497 e. The monoisotopic (exact) mass is 313 g/mol. The van der Waals surface area contributed by atoms with Gasteiger partial charge >= 0.3 is 0 Å². The lowest BCUT2D eigenvalue weighted by atomic mass is 10.1. The topological polar surface area (TPSA) is 47.0 Å². The molecule has 114 valence electrons. The standard InChI is InChI=1S/C17H19N3OS/c1-3-14-10-15-16(19-11-20-17(15)22-14)18-9-8-12-4-6-13(21-2)7-5-12/h4-7,10-11H,3,8-9H2,1-2H3,(H,18,19,20). The lowest BCUT2D eigenvalue weighted by Crippen LogP contribution is -2.06. The average molecular weight is 313 g/mol. The van der Waals surface area contributed by atoms with Gasteiger partial charge in [0.05, 0.1) is 12.5 Å². The highest BCUT2D eigenvalue weighted by atomic mass is 32.1. The molecule has 0 aliphatic carbocycles. The molecular weight excluding hydrogens is 294 g/mol. The molecule has 4 nitrogen and oxygen atoms in total. The summed E-state index contributed by atoms with van der Waals surface area (Å²) in [4.78, 5) is 11.1. The zero-order chi connectivity index (χ0) is 15.4. The van der Waals surface area contributed by atoms with Crippen molar-refractivity contribution in [3.8, 4) is 5.75 Å². The molecule has 3 aromatic rings. The maximum absolute atomic E-state index is 5.17. The summed E-state index contributed by atoms with van der Waals surface area (Å²) in [7, 11) is 1.68. The van der Waals surface area contributed by atoms with Crippen molar-refractivity contribution >= 4 is 27.4 Å². The molecule has 0 unspecified atom stereocenters. The highest BCUT2D eigenvalue weighted by Gasteiger charge is 2.07. The van der Waals surface area contributed by atoms with Gasteiger partial charge in [-0.25, -0.2) is 9.97 Å². The first-order chi connectivity index (χ1) is 10.8. The van der Waals surface area contributed by atoms with E-state index in [1.165, 1.54) is 10.4 Å². The highest BCUT2D eigenvalue weighted by Crippen LogP contribution is 2.28. The number of aromatic nitrogens is 2. The number of benzene rings is 1. The Labute approximate surface area is 134 Å². The molecule has 2 heterocycles. The molecule has 0 spiro atoms. The molecule has 0 saturated carbocycles. The number of rotatable bonds is 6. The average Bonchev–Trinajstić information content (AvgIpc) is 2.99. The summed E-state index contributed by atoms with van der Waals surface area (Å²) in [6.07, 6.45) is 3.61. The number of methoxy groups -OCH3 is 1. The lowest BCUT2D eigenvalue weighted by Gasteiger charge is -2.07. The summed E-state index contributed by atoms with van der Waals surface area (Å²) in [5, 5.41) is 4.55. The van der Waals surface area contributed by atoms with Crippen LogP contribution in [-0.4, -0.2) is 23.6 Å². The maximum atomic E-state index is 5.17. The Balaban J connectivity index is 1.67. The molecule has 0 amide bonds. The second-order valence-corrected chi connectivity index (χ2v) is 6.15. The molecule has 0 aliphatic heterocycles. The van der Waals surface area contributed by atoms with Gasteiger partial charge in [-0.1, -0.05) is 19.1 Å². The minimum atomic E-state index is 0.843. The van der Waals surface area contributed by atoms with Crippen LogP contribution in [-0.2, 0) is 12.8 Å². The predicted octanol–water partition coefficient (Wildman–Crippen LogP) is 3.92. The van der Waals surface area contributed by atoms with E-state index in [2.05, 4.69) is 40.4 Å². The van der Waals surface area contributed by atoms with Crippen LogP contribution in [0.4, 0.5) is 5.82 Å². The molecule has 2 aromatic heterocycles. The van der Waals surface area contributed by atoms with Crippen LogP contribution < -0.4 is 10.1 Å². The van der Waals surface area contributed by atoms with Crippen molar-refractivity contribution in [1.82, 2.24) is 9.97 Å². The lowest BCUT2D eigenvalue weighted by molar-refractivity contribution is 0.414. The van der Waals surface area contributed by atoms with Gasteiger partial charge in [0.1, 0.15) is 22.7 Å². The van der Waals surface area contributed by atoms with Gasteiger partial charge in [0.2, 0.25) is 0 Å². The van der Waals surface area contributed by atoms with E-state index in [0.29, 0.717) is 0 Å². The van der Waals surface area contributed by atoms with Crippen LogP contribution in [0.2, 0.25) is 0 Å². The third-order valence-electron chi connectivity index (χ3n) is 3.59. The summed E-state index contributed by atoms with van der Waals surface area (Å²) in [6, 6.07) is 10.4. The molecule has 0 bridgehead atoms. The molecule has 0 saturated heterocycles. The van der Waals surface area contributed by atoms with Crippen LogP contribution in [0.25, 0.3) is 10.2 Å². The molecule has 22 heavy (non-hydrogen) atoms. The van der Waals surface area contributed by atoms with Crippen molar-refractivity contribution in [2.75, 3.05) is 19.0 Å². The first-order valence-corrected chi connectivity index (χ1v) is 8.22. The van der Waals surface area contributed by atoms with Crippen LogP contribution in [0, 0.1) is 0 Å². The Morgan fingerprint density at radius 2 is 2.00 bits per heavy atom. The van der Waals surface area contributed by atoms with Crippen LogP contribution in [0.1, 0.15) is 17.4 Å². The summed E-state index contributed by atoms with van der Waals surface area (Å²) in [5.41, 5.74) is 1.28. The van der Waals surface area contributed by atoms with E-state index in [1.54, 1.807) is 24.8 Å². The smallest absolute Gasteiger partial charge is 0.138 e. The van der Waals surface area contributed by atoms with E-state index in [-0.39, 0.29) is 0 Å². The molecule has 0 radical (unpaired) electrons. The van der Waals surface area contributed by atoms with Crippen molar-refractivity contribution in [1.29, 1.82) is 0 Å². The molecule has 1 N–H and O–H groups in total. The van der Waals surface area contributed by atoms with Gasteiger partial charge in [-0.3, -0.25) is 0 Å². The molecule has 0 fully saturated rings. The fourth-order valence-corrected chi connectivity index (χ4v) is 3.27. The van der Waals surface area contributed by atoms with Gasteiger partial charge in [0, 0.05) is 11.4 Å². The Kier molecular flexibility index (Phi) is 4.53. The third kappa shape index (κ3) is 3.20. The van der Waals surface area contributed by atoms with E-state index in [0.717, 1.165) is 41.2 Å². The summed E-state index contributed by atoms with van der Waals surface area (Å²) in [6.45, 7) is 3.00. The molecule has 0 atom stereocenters. The fourth-order valence-electron chi connectivity index (χ4n) is 2.34. The van der Waals surface area contributed by atoms with Gasteiger partial charge in [0.15, 0.2) is 0 Å². The number of ether oxygens (including phenoxy) is 1. The molecule has 5 heteroatoms. The number of hydrogen-bond acceptors (Lipinski definition) is 5. The summed E-state index contributed by atoms with van der Waals surface area (Å²) < 4.78 is 5.17. The van der Waals surface area contributed by atoms with Gasteiger partial charge in [-0.2, -0.15) is 0 Å². The second-order valence-electron chi connectivity index (χ2n) is 5.03. The minimum Gasteiger partial charge on any atom is -0.497 e. The van der Waals surface area contributed by atoms with Gasteiger partial charge in [-0.05, 0) is 36.6 Å². The molecule has 1 aromatic carbocycles. The van der Waals surface area contributed by atoms with Crippen molar-refractivity contribution < 1.29 is 4.74 Å². The normalized spacial score (nSPS) is 10.8. The Morgan fingerprint density at radius 1 is 1.18 bits per heavy atom. The minimum absolute atomic E-state index is 0.843. The zero-order valence-electron chi connectivity index (χ0n) is 12.8. The van der Waals surface area contributed by atoms with E-state index in [4.69, 9.17) is 4.74 Å². The van der Waals surface area contributed by atoms with E-state index in [1.807, 2.05) is 12.1 Å². The third-order valence-corrected chi connectivity index (χ3v) is 4.78. The summed E-state index contributed by atoms with van der Waals surface area (Å²) in [5.74, 6) is 1.81. The zero-order valence-corrected chi connectivity index (χ0v) is 13.6. The van der Waals surface area contributed by atoms with E-state index in [9.17, 15) is 0 Å². The van der Waals surface area contributed by atoms with Gasteiger partial charge < -0.3 is 10.1 Å². The number of aryl methyl sites for hydroxylation is 1. The van der Waals surface area contributed by atoms with Gasteiger partial charge in [-0.15, -0.1) is 11.3 Å². The second kappa shape index (κ2) is 6.75. The number of nitrogens with zero attached hydrogens (tertiary/aromatic N) is 2. The summed E-state index contributed by atoms with van der Waals surface area (Å²) >= 11 is 1.74. The molecule has 0 aliphatic rings. The number of hydrogen-bond donors (Lipinski definition) is 1. The SMILES string of the molecule is CCc1cc2c(NCCc3ccc(OC)cc3)ncnc2s1. The number of anilines is 1. The predicted molar refractivity (Wildman–Crippen MR) is 92.0 cm³/mol. The van der Waals surface area contributed by atoms with Crippen molar-refractivity contribution in [2.24, 2.45) is 0 Å². The quantitative estimate of drug-likeness (QED) is 0.749. The highest BCUT2D eigenvalue weighted by molar-refractivity contribution is 7.18. The van der Waals surface area contributed by atoms with E-state index < -0.39 is 0 Å². The number of nitrogens with one attached hydrogen (secondary N) is 1. The van der Waals surface area contributed by atoms with Crippen molar-refractivity contribution in [3.63, 3.8) is 0 Å². The Bertz CT molecular complexity index is 752. The molecular formula is C17H19N3OS. The number of fused-ring (bicyclic) bond motifs is 1. The van der Waals surface area contributed by atoms with Crippen molar-refractivity contribution in [3.05, 3.63) is 47.1 Å². The van der Waals surface area contributed by atoms with Crippen molar-refractivity contribution in [2.45, 2.75) is 19.8 Å². The number of thiophene rings is 1. The van der Waals surface area contributed by atoms with Crippen LogP contribution in [0.3, 0.4) is 0 Å². The van der Waals surface area contributed by atoms with Crippen LogP contribution in [0.5, 0.6) is 5.75 Å². The van der Waals surface area contributed by atoms with Crippen LogP contribution >= 0.6 is 11.3 Å². The Hall–Kier alpha value is -2.14. The van der Waals surface area contributed by atoms with Gasteiger partial charge in [0.25, 0.3) is 0 Å². The molecule has 3 rings (SSSR count). The first kappa shape index (κ1) is 14.8. The maximum Gasteiger partial charge on any atom is 0.138 e. The van der Waals surface area contributed by atoms with Crippen LogP contribution in [0.15, 0.2) is 36.7 Å². The fraction of sp³-hybridized carbons (Fsp3) is 0.294. The first-order valence-electron chi connectivity index (χ1n) is 7.40. The van der Waals surface area contributed by atoms with E-state index >= 15 is 0 Å². The Morgan fingerprint density at radius 3 is 2.73 bits per heavy atom.